The van der Waals surface area contributed by atoms with Gasteiger partial charge in [0.25, 0.3) is 0 Å². The summed E-state index contributed by atoms with van der Waals surface area (Å²) in [5, 5.41) is 3.19. The minimum Gasteiger partial charge on any atom is -0.412 e. The first-order chi connectivity index (χ1) is 7.60. The van der Waals surface area contributed by atoms with Crippen molar-refractivity contribution in [2.24, 2.45) is 5.92 Å². The van der Waals surface area contributed by atoms with Crippen molar-refractivity contribution in [3.63, 3.8) is 0 Å². The molecule has 1 aliphatic rings. The normalized spacial score (nSPS) is 27.4. The van der Waals surface area contributed by atoms with Gasteiger partial charge in [-0.25, -0.2) is 0 Å². The SMILES string of the molecule is CC[C@H]1C(=O)N[C@@H]1[C@H](C)O[Si](C)(C)C(C)(C)C. The highest BCUT2D eigenvalue weighted by Gasteiger charge is 2.45. The first-order valence-electron chi connectivity index (χ1n) is 6.58. The summed E-state index contributed by atoms with van der Waals surface area (Å²) < 4.78 is 6.31. The van der Waals surface area contributed by atoms with Crippen LogP contribution in [0.3, 0.4) is 0 Å². The third-order valence-corrected chi connectivity index (χ3v) is 8.88. The smallest absolute Gasteiger partial charge is 0.225 e. The summed E-state index contributed by atoms with van der Waals surface area (Å²) in [7, 11) is -1.73. The minimum atomic E-state index is -1.73. The number of nitrogens with one attached hydrogen (secondary N) is 1. The lowest BCUT2D eigenvalue weighted by Gasteiger charge is -2.45. The Morgan fingerprint density at radius 1 is 1.41 bits per heavy atom. The molecule has 0 radical (unpaired) electrons. The minimum absolute atomic E-state index is 0.124. The van der Waals surface area contributed by atoms with E-state index in [4.69, 9.17) is 4.43 Å². The average Bonchev–Trinajstić information content (AvgIpc) is 2.11. The van der Waals surface area contributed by atoms with Crippen LogP contribution in [0, 0.1) is 5.92 Å². The zero-order valence-corrected chi connectivity index (χ0v) is 13.3. The van der Waals surface area contributed by atoms with E-state index in [1.165, 1.54) is 0 Å². The summed E-state index contributed by atoms with van der Waals surface area (Å²) in [6.45, 7) is 15.4. The van der Waals surface area contributed by atoms with Gasteiger partial charge in [0.15, 0.2) is 8.32 Å². The van der Waals surface area contributed by atoms with Crippen molar-refractivity contribution in [3.8, 4) is 0 Å². The molecule has 3 nitrogen and oxygen atoms in total. The molecule has 17 heavy (non-hydrogen) atoms. The van der Waals surface area contributed by atoms with Crippen LogP contribution < -0.4 is 5.32 Å². The van der Waals surface area contributed by atoms with Crippen molar-refractivity contribution in [1.82, 2.24) is 5.32 Å². The van der Waals surface area contributed by atoms with E-state index in [-0.39, 0.29) is 29.0 Å². The maximum absolute atomic E-state index is 11.4. The molecule has 0 aromatic rings. The van der Waals surface area contributed by atoms with Crippen LogP contribution >= 0.6 is 0 Å². The van der Waals surface area contributed by atoms with Gasteiger partial charge >= 0.3 is 0 Å². The van der Waals surface area contributed by atoms with Crippen LogP contribution in [0.15, 0.2) is 0 Å². The molecule has 0 aromatic carbocycles. The lowest BCUT2D eigenvalue weighted by molar-refractivity contribution is -0.138. The van der Waals surface area contributed by atoms with Crippen molar-refractivity contribution < 1.29 is 9.22 Å². The van der Waals surface area contributed by atoms with Gasteiger partial charge in [-0.1, -0.05) is 27.7 Å². The maximum atomic E-state index is 11.4. The van der Waals surface area contributed by atoms with Crippen molar-refractivity contribution in [3.05, 3.63) is 0 Å². The Morgan fingerprint density at radius 2 is 1.94 bits per heavy atom. The number of carbonyl (C=O) groups is 1. The number of hydrogen-bond donors (Lipinski definition) is 1. The molecule has 4 heteroatoms. The van der Waals surface area contributed by atoms with Gasteiger partial charge in [0.1, 0.15) is 0 Å². The van der Waals surface area contributed by atoms with Crippen molar-refractivity contribution >= 4 is 14.2 Å². The molecule has 1 fully saturated rings. The van der Waals surface area contributed by atoms with E-state index < -0.39 is 8.32 Å². The fraction of sp³-hybridized carbons (Fsp3) is 0.923. The summed E-state index contributed by atoms with van der Waals surface area (Å²) in [6.07, 6.45) is 1.03. The summed E-state index contributed by atoms with van der Waals surface area (Å²) in [4.78, 5) is 11.4. The van der Waals surface area contributed by atoms with Crippen LogP contribution in [0.2, 0.25) is 18.1 Å². The molecule has 1 saturated heterocycles. The van der Waals surface area contributed by atoms with E-state index in [2.05, 4.69) is 53.0 Å². The first kappa shape index (κ1) is 14.7. The molecule has 0 saturated carbocycles. The van der Waals surface area contributed by atoms with Gasteiger partial charge < -0.3 is 9.74 Å². The molecule has 1 heterocycles. The second kappa shape index (κ2) is 4.73. The predicted octanol–water partition coefficient (Wildman–Crippen LogP) is 2.92. The summed E-state index contributed by atoms with van der Waals surface area (Å²) in [5.41, 5.74) is 0. The zero-order chi connectivity index (χ0) is 13.4. The molecular weight excluding hydrogens is 230 g/mol. The predicted molar refractivity (Wildman–Crippen MR) is 73.5 cm³/mol. The Balaban J connectivity index is 2.61. The Bertz CT molecular complexity index is 296. The zero-order valence-electron chi connectivity index (χ0n) is 12.3. The van der Waals surface area contributed by atoms with E-state index in [0.717, 1.165) is 6.42 Å². The third-order valence-electron chi connectivity index (χ3n) is 4.31. The summed E-state index contributed by atoms with van der Waals surface area (Å²) >= 11 is 0. The standard InChI is InChI=1S/C13H27NO2Si/c1-8-10-11(14-12(10)15)9(2)16-17(6,7)13(3,4)5/h9-11H,8H2,1-7H3,(H,14,15)/t9-,10+,11+/m0/s1. The highest BCUT2D eigenvalue weighted by Crippen LogP contribution is 2.38. The largest absolute Gasteiger partial charge is 0.412 e. The molecule has 1 aliphatic heterocycles. The number of hydrogen-bond acceptors (Lipinski definition) is 2. The van der Waals surface area contributed by atoms with Crippen LogP contribution in [-0.4, -0.2) is 26.4 Å². The van der Waals surface area contributed by atoms with Gasteiger partial charge in [-0.05, 0) is 31.5 Å². The monoisotopic (exact) mass is 257 g/mol. The number of rotatable bonds is 4. The molecule has 1 amide bonds. The Labute approximate surface area is 106 Å². The fourth-order valence-corrected chi connectivity index (χ4v) is 3.47. The van der Waals surface area contributed by atoms with Gasteiger partial charge in [-0.3, -0.25) is 4.79 Å². The van der Waals surface area contributed by atoms with Crippen LogP contribution in [0.4, 0.5) is 0 Å². The van der Waals surface area contributed by atoms with E-state index in [1.807, 2.05) is 0 Å². The second-order valence-electron chi connectivity index (χ2n) is 6.63. The third kappa shape index (κ3) is 2.91. The van der Waals surface area contributed by atoms with Gasteiger partial charge in [0, 0.05) is 0 Å². The Hall–Kier alpha value is -0.353. The fourth-order valence-electron chi connectivity index (χ4n) is 2.04. The molecule has 100 valence electrons. The van der Waals surface area contributed by atoms with Gasteiger partial charge in [-0.15, -0.1) is 0 Å². The van der Waals surface area contributed by atoms with E-state index in [1.54, 1.807) is 0 Å². The lowest BCUT2D eigenvalue weighted by Crippen LogP contribution is -2.64. The molecule has 3 atom stereocenters. The highest BCUT2D eigenvalue weighted by atomic mass is 28.4. The van der Waals surface area contributed by atoms with Crippen LogP contribution in [0.25, 0.3) is 0 Å². The van der Waals surface area contributed by atoms with Gasteiger partial charge in [-0.2, -0.15) is 0 Å². The second-order valence-corrected chi connectivity index (χ2v) is 11.4. The van der Waals surface area contributed by atoms with E-state index >= 15 is 0 Å². The average molecular weight is 257 g/mol. The molecule has 1 N–H and O–H groups in total. The van der Waals surface area contributed by atoms with Crippen molar-refractivity contribution in [2.45, 2.75) is 71.3 Å². The Kier molecular flexibility index (Phi) is 4.09. The van der Waals surface area contributed by atoms with Crippen molar-refractivity contribution in [1.29, 1.82) is 0 Å². The quantitative estimate of drug-likeness (QED) is 0.621. The van der Waals surface area contributed by atoms with E-state index in [0.29, 0.717) is 0 Å². The molecule has 1 rings (SSSR count). The molecule has 0 bridgehead atoms. The maximum Gasteiger partial charge on any atom is 0.225 e. The van der Waals surface area contributed by atoms with Crippen molar-refractivity contribution in [2.75, 3.05) is 0 Å². The van der Waals surface area contributed by atoms with Gasteiger partial charge in [0.05, 0.1) is 18.1 Å². The number of β-lactam (4-membered cyclic amide) rings is 1. The van der Waals surface area contributed by atoms with E-state index in [9.17, 15) is 4.79 Å². The van der Waals surface area contributed by atoms with Crippen LogP contribution in [0.1, 0.15) is 41.0 Å². The molecule has 0 unspecified atom stereocenters. The molecule has 0 aromatic heterocycles. The van der Waals surface area contributed by atoms with Crippen LogP contribution in [-0.2, 0) is 9.22 Å². The highest BCUT2D eigenvalue weighted by molar-refractivity contribution is 6.74. The molecular formula is C13H27NO2Si. The summed E-state index contributed by atoms with van der Waals surface area (Å²) in [6, 6.07) is 0.210. The number of amides is 1. The van der Waals surface area contributed by atoms with Gasteiger partial charge in [0.2, 0.25) is 5.91 Å². The first-order valence-corrected chi connectivity index (χ1v) is 9.49. The Morgan fingerprint density at radius 3 is 2.29 bits per heavy atom. The number of carbonyl (C=O) groups excluding carboxylic acids is 1. The van der Waals surface area contributed by atoms with Crippen LogP contribution in [0.5, 0.6) is 0 Å². The molecule has 0 aliphatic carbocycles. The molecule has 0 spiro atoms. The lowest BCUT2D eigenvalue weighted by atomic mass is 9.85. The topological polar surface area (TPSA) is 38.3 Å². The summed E-state index contributed by atoms with van der Waals surface area (Å²) in [5.74, 6) is 0.331.